The first-order chi connectivity index (χ1) is 10.0. The Labute approximate surface area is 126 Å². The lowest BCUT2D eigenvalue weighted by Crippen LogP contribution is -2.13. The largest absolute Gasteiger partial charge is 0.481 e. The third kappa shape index (κ3) is 6.69. The van der Waals surface area contributed by atoms with Crippen molar-refractivity contribution in [1.29, 1.82) is 0 Å². The van der Waals surface area contributed by atoms with Gasteiger partial charge in [-0.1, -0.05) is 25.8 Å². The molecule has 1 fully saturated rings. The number of unbranched alkanes of at least 4 members (excludes halogenated alkanes) is 2. The Morgan fingerprint density at radius 2 is 2.00 bits per heavy atom. The fourth-order valence-electron chi connectivity index (χ4n) is 2.92. The normalized spacial score (nSPS) is 22.0. The third-order valence-electron chi connectivity index (χ3n) is 4.09. The Morgan fingerprint density at radius 1 is 1.24 bits per heavy atom. The number of carboxylic acids is 1. The molecule has 4 nitrogen and oxygen atoms in total. The van der Waals surface area contributed by atoms with Gasteiger partial charge >= 0.3 is 5.97 Å². The summed E-state index contributed by atoms with van der Waals surface area (Å²) in [4.78, 5) is 33.9. The van der Waals surface area contributed by atoms with E-state index in [0.717, 1.165) is 32.1 Å². The van der Waals surface area contributed by atoms with Crippen LogP contribution < -0.4 is 0 Å². The topological polar surface area (TPSA) is 71.4 Å². The number of carbonyl (C=O) groups excluding carboxylic acids is 2. The fraction of sp³-hybridized carbons (Fsp3) is 0.706. The van der Waals surface area contributed by atoms with Gasteiger partial charge in [0.05, 0.1) is 0 Å². The maximum Gasteiger partial charge on any atom is 0.303 e. The predicted octanol–water partition coefficient (Wildman–Crippen LogP) is 3.54. The van der Waals surface area contributed by atoms with Crippen LogP contribution in [0.5, 0.6) is 0 Å². The minimum Gasteiger partial charge on any atom is -0.481 e. The summed E-state index contributed by atoms with van der Waals surface area (Å²) in [7, 11) is 0. The number of hydrogen-bond donors (Lipinski definition) is 1. The van der Waals surface area contributed by atoms with E-state index in [1.54, 1.807) is 6.08 Å². The molecule has 0 aromatic carbocycles. The molecule has 0 aromatic rings. The molecule has 1 saturated carbocycles. The second kappa shape index (κ2) is 9.48. The van der Waals surface area contributed by atoms with E-state index < -0.39 is 5.97 Å². The van der Waals surface area contributed by atoms with Gasteiger partial charge < -0.3 is 5.11 Å². The maximum absolute atomic E-state index is 11.9. The number of Topliss-reactive ketones (excluding diaryl/α,β-unsaturated/α-hetero) is 1. The van der Waals surface area contributed by atoms with Crippen molar-refractivity contribution in [1.82, 2.24) is 0 Å². The summed E-state index contributed by atoms with van der Waals surface area (Å²) in [5, 5.41) is 8.58. The van der Waals surface area contributed by atoms with Crippen LogP contribution in [0.4, 0.5) is 0 Å². The highest BCUT2D eigenvalue weighted by Crippen LogP contribution is 2.33. The van der Waals surface area contributed by atoms with Gasteiger partial charge in [0, 0.05) is 25.2 Å². The van der Waals surface area contributed by atoms with Crippen LogP contribution in [0.25, 0.3) is 0 Å². The highest BCUT2D eigenvalue weighted by molar-refractivity contribution is 5.90. The number of ketones is 2. The van der Waals surface area contributed by atoms with Crippen molar-refractivity contribution in [3.8, 4) is 0 Å². The van der Waals surface area contributed by atoms with Gasteiger partial charge in [-0.3, -0.25) is 14.4 Å². The maximum atomic E-state index is 11.9. The first-order valence-electron chi connectivity index (χ1n) is 8.00. The van der Waals surface area contributed by atoms with Crippen molar-refractivity contribution < 1.29 is 19.5 Å². The van der Waals surface area contributed by atoms with E-state index in [1.165, 1.54) is 0 Å². The van der Waals surface area contributed by atoms with Crippen molar-refractivity contribution >= 4 is 17.5 Å². The van der Waals surface area contributed by atoms with Crippen LogP contribution in [-0.2, 0) is 14.4 Å². The zero-order valence-electron chi connectivity index (χ0n) is 12.8. The molecule has 0 aliphatic heterocycles. The number of aliphatic carboxylic acids is 1. The molecule has 1 rings (SSSR count). The molecule has 0 amide bonds. The van der Waals surface area contributed by atoms with Gasteiger partial charge in [-0.2, -0.15) is 0 Å². The van der Waals surface area contributed by atoms with E-state index in [0.29, 0.717) is 25.0 Å². The highest BCUT2D eigenvalue weighted by Gasteiger charge is 2.32. The van der Waals surface area contributed by atoms with Gasteiger partial charge in [-0.25, -0.2) is 0 Å². The van der Waals surface area contributed by atoms with E-state index >= 15 is 0 Å². The summed E-state index contributed by atoms with van der Waals surface area (Å²) < 4.78 is 0. The molecule has 21 heavy (non-hydrogen) atoms. The first kappa shape index (κ1) is 17.6. The molecule has 2 atom stereocenters. The molecule has 0 bridgehead atoms. The van der Waals surface area contributed by atoms with E-state index in [1.807, 2.05) is 13.0 Å². The van der Waals surface area contributed by atoms with Crippen molar-refractivity contribution in [3.05, 3.63) is 12.2 Å². The zero-order chi connectivity index (χ0) is 15.7. The Morgan fingerprint density at radius 3 is 2.67 bits per heavy atom. The van der Waals surface area contributed by atoms with Crippen molar-refractivity contribution in [2.45, 2.75) is 64.7 Å². The molecule has 0 radical (unpaired) electrons. The highest BCUT2D eigenvalue weighted by atomic mass is 16.4. The van der Waals surface area contributed by atoms with Crippen LogP contribution in [0.1, 0.15) is 64.7 Å². The van der Waals surface area contributed by atoms with E-state index in [4.69, 9.17) is 5.11 Å². The number of carboxylic acid groups (broad SMARTS) is 1. The van der Waals surface area contributed by atoms with E-state index in [-0.39, 0.29) is 24.0 Å². The summed E-state index contributed by atoms with van der Waals surface area (Å²) in [5.41, 5.74) is 0. The van der Waals surface area contributed by atoms with Crippen LogP contribution >= 0.6 is 0 Å². The van der Waals surface area contributed by atoms with Gasteiger partial charge in [0.2, 0.25) is 0 Å². The third-order valence-corrected chi connectivity index (χ3v) is 4.09. The standard InChI is InChI=1S/C17H26O4/c1-2-6-14(18)11-9-13-10-12-16(19)15(13)7-4-3-5-8-17(20)21/h9,11,13,15H,2-8,10,12H2,1H3,(H,20,21). The average Bonchev–Trinajstić information content (AvgIpc) is 2.77. The lowest BCUT2D eigenvalue weighted by molar-refractivity contribution is -0.137. The summed E-state index contributed by atoms with van der Waals surface area (Å²) >= 11 is 0. The Kier molecular flexibility index (Phi) is 7.95. The molecular weight excluding hydrogens is 268 g/mol. The van der Waals surface area contributed by atoms with Crippen LogP contribution in [0.3, 0.4) is 0 Å². The van der Waals surface area contributed by atoms with Gasteiger partial charge in [0.1, 0.15) is 5.78 Å². The van der Waals surface area contributed by atoms with Gasteiger partial charge in [-0.15, -0.1) is 0 Å². The molecule has 1 N–H and O–H groups in total. The number of allylic oxidation sites excluding steroid dienone is 2. The van der Waals surface area contributed by atoms with Crippen LogP contribution in [-0.4, -0.2) is 22.6 Å². The second-order valence-corrected chi connectivity index (χ2v) is 5.84. The summed E-state index contributed by atoms with van der Waals surface area (Å²) in [6, 6.07) is 0. The van der Waals surface area contributed by atoms with Gasteiger partial charge in [0.25, 0.3) is 0 Å². The van der Waals surface area contributed by atoms with Gasteiger partial charge in [-0.05, 0) is 37.7 Å². The van der Waals surface area contributed by atoms with Crippen LogP contribution in [0.15, 0.2) is 12.2 Å². The van der Waals surface area contributed by atoms with Crippen molar-refractivity contribution in [3.63, 3.8) is 0 Å². The predicted molar refractivity (Wildman–Crippen MR) is 81.0 cm³/mol. The molecule has 4 heteroatoms. The van der Waals surface area contributed by atoms with Crippen molar-refractivity contribution in [2.75, 3.05) is 0 Å². The fourth-order valence-corrected chi connectivity index (χ4v) is 2.92. The number of carbonyl (C=O) groups is 3. The lowest BCUT2D eigenvalue weighted by Gasteiger charge is -2.14. The Bertz CT molecular complexity index is 398. The SMILES string of the molecule is CCCC(=O)C=CC1CCC(=O)C1CCCCCC(=O)O. The minimum atomic E-state index is -0.762. The van der Waals surface area contributed by atoms with E-state index in [2.05, 4.69) is 0 Å². The number of hydrogen-bond acceptors (Lipinski definition) is 3. The number of rotatable bonds is 10. The summed E-state index contributed by atoms with van der Waals surface area (Å²) in [6.07, 6.45) is 9.85. The average molecular weight is 294 g/mol. The second-order valence-electron chi connectivity index (χ2n) is 5.84. The monoisotopic (exact) mass is 294 g/mol. The summed E-state index contributed by atoms with van der Waals surface area (Å²) in [5.74, 6) is -0.108. The van der Waals surface area contributed by atoms with E-state index in [9.17, 15) is 14.4 Å². The Hall–Kier alpha value is -1.45. The quantitative estimate of drug-likeness (QED) is 0.494. The Balaban J connectivity index is 2.37. The smallest absolute Gasteiger partial charge is 0.303 e. The minimum absolute atomic E-state index is 0.0282. The molecule has 0 saturated heterocycles. The molecule has 2 unspecified atom stereocenters. The molecule has 1 aliphatic rings. The first-order valence-corrected chi connectivity index (χ1v) is 8.00. The molecule has 0 spiro atoms. The zero-order valence-corrected chi connectivity index (χ0v) is 12.8. The molecule has 0 aromatic heterocycles. The van der Waals surface area contributed by atoms with Crippen LogP contribution in [0, 0.1) is 11.8 Å². The lowest BCUT2D eigenvalue weighted by atomic mass is 9.89. The molecular formula is C17H26O4. The molecule has 118 valence electrons. The summed E-state index contributed by atoms with van der Waals surface area (Å²) in [6.45, 7) is 1.98. The van der Waals surface area contributed by atoms with Crippen LogP contribution in [0.2, 0.25) is 0 Å². The molecule has 1 aliphatic carbocycles. The van der Waals surface area contributed by atoms with Gasteiger partial charge in [0.15, 0.2) is 5.78 Å². The van der Waals surface area contributed by atoms with Crippen molar-refractivity contribution in [2.24, 2.45) is 11.8 Å². The molecule has 0 heterocycles.